The van der Waals surface area contributed by atoms with Gasteiger partial charge in [0.2, 0.25) is 0 Å². The Hall–Kier alpha value is -5.28. The number of carbonyl (C=O) groups is 2. The maximum Gasteiger partial charge on any atom is 0.338 e. The fourth-order valence-electron chi connectivity index (χ4n) is 5.12. The third-order valence-corrected chi connectivity index (χ3v) is 8.03. The van der Waals surface area contributed by atoms with Crippen molar-refractivity contribution in [1.29, 1.82) is 0 Å². The molecule has 3 aromatic carbocycles. The number of nitrogens with zero attached hydrogens (tertiary/aromatic N) is 2. The van der Waals surface area contributed by atoms with Crippen molar-refractivity contribution in [3.05, 3.63) is 145 Å². The van der Waals surface area contributed by atoms with Gasteiger partial charge in [0.1, 0.15) is 11.5 Å². The Morgan fingerprint density at radius 3 is 2.27 bits per heavy atom. The molecule has 0 amide bonds. The number of carbonyl (C=O) groups excluding carboxylic acids is 2. The van der Waals surface area contributed by atoms with Crippen LogP contribution in [-0.4, -0.2) is 29.7 Å². The van der Waals surface area contributed by atoms with Gasteiger partial charge in [-0.25, -0.2) is 14.6 Å². The van der Waals surface area contributed by atoms with E-state index in [0.29, 0.717) is 43.3 Å². The number of thiazole rings is 1. The summed E-state index contributed by atoms with van der Waals surface area (Å²) in [5.74, 6) is 0.0514. The number of furan rings is 1. The summed E-state index contributed by atoms with van der Waals surface area (Å²) in [5.41, 5.74) is 3.08. The minimum Gasteiger partial charge on any atom is -0.463 e. The molecule has 9 heteroatoms. The van der Waals surface area contributed by atoms with Gasteiger partial charge in [0.15, 0.2) is 4.80 Å². The summed E-state index contributed by atoms with van der Waals surface area (Å²) < 4.78 is 18.6. The van der Waals surface area contributed by atoms with Crippen molar-refractivity contribution < 1.29 is 23.5 Å². The van der Waals surface area contributed by atoms with Gasteiger partial charge in [-0.15, -0.1) is 0 Å². The van der Waals surface area contributed by atoms with Gasteiger partial charge in [-0.05, 0) is 43.7 Å². The smallest absolute Gasteiger partial charge is 0.338 e. The number of benzene rings is 3. The molecule has 0 aliphatic carbocycles. The second kappa shape index (κ2) is 12.5. The van der Waals surface area contributed by atoms with Crippen molar-refractivity contribution in [3.8, 4) is 11.3 Å². The Labute approximate surface area is 256 Å². The van der Waals surface area contributed by atoms with Gasteiger partial charge in [0.25, 0.3) is 5.56 Å². The molecular formula is C35H28N2O6S. The summed E-state index contributed by atoms with van der Waals surface area (Å²) in [6.07, 6.45) is 1.67. The molecule has 0 fully saturated rings. The molecule has 0 N–H and O–H groups in total. The molecule has 5 aromatic rings. The van der Waals surface area contributed by atoms with Crippen LogP contribution in [0.15, 0.2) is 117 Å². The number of hydrogen-bond donors (Lipinski definition) is 0. The van der Waals surface area contributed by atoms with Crippen LogP contribution < -0.4 is 14.9 Å². The number of ether oxygens (including phenoxy) is 2. The van der Waals surface area contributed by atoms with E-state index in [-0.39, 0.29) is 18.8 Å². The SMILES string of the molecule is CCOC(=O)C1=C(c2ccccc2)N=c2s/c(=C\c3ccc(-c4cccc(C(=O)OCC)c4)o3)c(=O)n2[C@H]1c1ccccc1. The topological polar surface area (TPSA) is 100 Å². The van der Waals surface area contributed by atoms with Crippen LogP contribution in [0.3, 0.4) is 0 Å². The van der Waals surface area contributed by atoms with Crippen molar-refractivity contribution in [2.75, 3.05) is 13.2 Å². The van der Waals surface area contributed by atoms with E-state index in [9.17, 15) is 14.4 Å². The Morgan fingerprint density at radius 1 is 0.864 bits per heavy atom. The number of hydrogen-bond acceptors (Lipinski definition) is 8. The van der Waals surface area contributed by atoms with Gasteiger partial charge in [0.05, 0.1) is 40.6 Å². The van der Waals surface area contributed by atoms with Crippen LogP contribution >= 0.6 is 11.3 Å². The lowest BCUT2D eigenvalue weighted by atomic mass is 9.93. The normalized spacial score (nSPS) is 14.6. The number of fused-ring (bicyclic) bond motifs is 1. The summed E-state index contributed by atoms with van der Waals surface area (Å²) in [7, 11) is 0. The zero-order valence-corrected chi connectivity index (χ0v) is 24.9. The van der Waals surface area contributed by atoms with Gasteiger partial charge in [-0.1, -0.05) is 84.1 Å². The van der Waals surface area contributed by atoms with Gasteiger partial charge < -0.3 is 13.9 Å². The molecule has 1 aliphatic heterocycles. The molecule has 1 atom stereocenters. The summed E-state index contributed by atoms with van der Waals surface area (Å²) >= 11 is 1.22. The largest absolute Gasteiger partial charge is 0.463 e. The van der Waals surface area contributed by atoms with Crippen molar-refractivity contribution in [2.24, 2.45) is 4.99 Å². The summed E-state index contributed by atoms with van der Waals surface area (Å²) in [5, 5.41) is 0. The van der Waals surface area contributed by atoms with E-state index < -0.39 is 18.0 Å². The second-order valence-corrected chi connectivity index (χ2v) is 10.9. The van der Waals surface area contributed by atoms with Gasteiger partial charge in [-0.3, -0.25) is 9.36 Å². The molecule has 44 heavy (non-hydrogen) atoms. The lowest BCUT2D eigenvalue weighted by Gasteiger charge is -2.25. The fraction of sp³-hybridized carbons (Fsp3) is 0.143. The third kappa shape index (κ3) is 5.57. The van der Waals surface area contributed by atoms with E-state index in [4.69, 9.17) is 18.9 Å². The molecule has 0 bridgehead atoms. The second-order valence-electron chi connectivity index (χ2n) is 9.85. The highest BCUT2D eigenvalue weighted by molar-refractivity contribution is 7.07. The van der Waals surface area contributed by atoms with E-state index in [1.165, 1.54) is 11.3 Å². The van der Waals surface area contributed by atoms with Gasteiger partial charge >= 0.3 is 11.9 Å². The van der Waals surface area contributed by atoms with E-state index >= 15 is 0 Å². The first-order valence-electron chi connectivity index (χ1n) is 14.2. The molecule has 0 unspecified atom stereocenters. The molecule has 0 saturated heterocycles. The molecule has 2 aromatic heterocycles. The van der Waals surface area contributed by atoms with Crippen molar-refractivity contribution in [2.45, 2.75) is 19.9 Å². The van der Waals surface area contributed by atoms with Crippen LogP contribution in [0.2, 0.25) is 0 Å². The standard InChI is InChI=1S/C35H28N2O6S/c1-3-41-33(39)25-17-11-16-24(20-25)27-19-18-26(43-27)21-28-32(38)37-31(23-14-9-6-10-15-23)29(34(40)42-4-2)30(36-35(37)44-28)22-12-7-5-8-13-22/h5-21,31H,3-4H2,1-2H3/b28-21-/t31-/m0/s1. The maximum absolute atomic E-state index is 14.0. The van der Waals surface area contributed by atoms with E-state index in [0.717, 1.165) is 11.1 Å². The molecule has 8 nitrogen and oxygen atoms in total. The highest BCUT2D eigenvalue weighted by Crippen LogP contribution is 2.35. The molecule has 6 rings (SSSR count). The van der Waals surface area contributed by atoms with Gasteiger partial charge in [-0.2, -0.15) is 0 Å². The van der Waals surface area contributed by atoms with Crippen LogP contribution in [0, 0.1) is 0 Å². The highest BCUT2D eigenvalue weighted by atomic mass is 32.1. The molecule has 220 valence electrons. The van der Waals surface area contributed by atoms with Crippen LogP contribution in [0.1, 0.15) is 47.1 Å². The quantitative estimate of drug-likeness (QED) is 0.221. The Balaban J connectivity index is 1.49. The molecule has 0 saturated carbocycles. The zero-order valence-electron chi connectivity index (χ0n) is 24.1. The van der Waals surface area contributed by atoms with Gasteiger partial charge in [0, 0.05) is 17.2 Å². The Morgan fingerprint density at radius 2 is 1.55 bits per heavy atom. The van der Waals surface area contributed by atoms with Crippen LogP contribution in [0.5, 0.6) is 0 Å². The monoisotopic (exact) mass is 604 g/mol. The number of esters is 2. The minimum absolute atomic E-state index is 0.180. The van der Waals surface area contributed by atoms with Crippen LogP contribution in [-0.2, 0) is 14.3 Å². The van der Waals surface area contributed by atoms with E-state index in [2.05, 4.69) is 0 Å². The molecule has 0 radical (unpaired) electrons. The number of rotatable bonds is 8. The fourth-order valence-corrected chi connectivity index (χ4v) is 6.10. The summed E-state index contributed by atoms with van der Waals surface area (Å²) in [6, 6.07) is 28.6. The van der Waals surface area contributed by atoms with Crippen LogP contribution in [0.4, 0.5) is 0 Å². The molecular weight excluding hydrogens is 576 g/mol. The Bertz CT molecular complexity index is 2050. The molecule has 3 heterocycles. The predicted octanol–water partition coefficient (Wildman–Crippen LogP) is 5.37. The van der Waals surface area contributed by atoms with Crippen molar-refractivity contribution in [1.82, 2.24) is 4.57 Å². The summed E-state index contributed by atoms with van der Waals surface area (Å²) in [6.45, 7) is 3.97. The first-order chi connectivity index (χ1) is 21.5. The Kier molecular flexibility index (Phi) is 8.21. The number of aromatic nitrogens is 1. The first kappa shape index (κ1) is 28.8. The zero-order chi connectivity index (χ0) is 30.6. The average molecular weight is 605 g/mol. The summed E-state index contributed by atoms with van der Waals surface area (Å²) in [4.78, 5) is 45.1. The van der Waals surface area contributed by atoms with Crippen molar-refractivity contribution in [3.63, 3.8) is 0 Å². The highest BCUT2D eigenvalue weighted by Gasteiger charge is 2.35. The van der Waals surface area contributed by atoms with E-state index in [1.54, 1.807) is 54.8 Å². The first-order valence-corrected chi connectivity index (χ1v) is 15.0. The average Bonchev–Trinajstić information content (AvgIpc) is 3.65. The molecule has 1 aliphatic rings. The predicted molar refractivity (Wildman–Crippen MR) is 168 cm³/mol. The maximum atomic E-state index is 14.0. The lowest BCUT2D eigenvalue weighted by molar-refractivity contribution is -0.138. The van der Waals surface area contributed by atoms with E-state index in [1.807, 2.05) is 66.7 Å². The van der Waals surface area contributed by atoms with Crippen molar-refractivity contribution >= 4 is 35.0 Å². The lowest BCUT2D eigenvalue weighted by Crippen LogP contribution is -2.39. The third-order valence-electron chi connectivity index (χ3n) is 7.05. The van der Waals surface area contributed by atoms with Crippen LogP contribution in [0.25, 0.3) is 23.1 Å². The minimum atomic E-state index is -0.748. The molecule has 0 spiro atoms.